The summed E-state index contributed by atoms with van der Waals surface area (Å²) < 4.78 is 5.89. The van der Waals surface area contributed by atoms with Gasteiger partial charge in [-0.05, 0) is 55.2 Å². The standard InChI is InChI=1S/C30H39NO5/c1-18-10-9-13-23-27(33)20(3)19(2)26-24(16-22-11-7-6-8-12-22)31-28(34)30(23,26)25(36-21(4)32)14-15-29(5,35)17-18/h6-9,11-15,18-19,23-27,33,35H,3,10,16-17H2,1-2,4-5H3,(H,31,34)/b13-9+,15-14+/t18-,19?,23?,24-,25+,26?,27+,29-,30+/m0/s1. The number of hydrogen-bond acceptors (Lipinski definition) is 5. The molecule has 9 atom stereocenters. The van der Waals surface area contributed by atoms with Gasteiger partial charge in [-0.15, -0.1) is 0 Å². The molecule has 4 rings (SSSR count). The highest BCUT2D eigenvalue weighted by Gasteiger charge is 2.68. The van der Waals surface area contributed by atoms with Crippen LogP contribution in [-0.4, -0.2) is 45.9 Å². The Kier molecular flexibility index (Phi) is 7.31. The number of nitrogens with one attached hydrogen (secondary N) is 1. The van der Waals surface area contributed by atoms with E-state index in [0.29, 0.717) is 24.8 Å². The SMILES string of the molecule is C=C1C(C)C2[C@H](Cc3ccccc3)NC(=O)[C@@]23C(/C=C/C[C@H](C)C[C@@](C)(O)/C=C/[C@H]3OC(C)=O)[C@@H]1O. The molecule has 0 aromatic heterocycles. The van der Waals surface area contributed by atoms with Gasteiger partial charge in [0.25, 0.3) is 0 Å². The van der Waals surface area contributed by atoms with E-state index in [2.05, 4.69) is 18.8 Å². The van der Waals surface area contributed by atoms with Crippen molar-refractivity contribution in [3.05, 3.63) is 72.4 Å². The molecule has 1 amide bonds. The molecule has 194 valence electrons. The summed E-state index contributed by atoms with van der Waals surface area (Å²) in [5.74, 6) is -1.75. The second-order valence-electron chi connectivity index (χ2n) is 11.3. The number of aliphatic hydroxyl groups is 2. The van der Waals surface area contributed by atoms with Crippen LogP contribution in [0.4, 0.5) is 0 Å². The number of allylic oxidation sites excluding steroid dienone is 1. The molecule has 1 heterocycles. The zero-order valence-corrected chi connectivity index (χ0v) is 21.7. The lowest BCUT2D eigenvalue weighted by molar-refractivity contribution is -0.166. The Bertz CT molecular complexity index is 1060. The first-order valence-corrected chi connectivity index (χ1v) is 12.9. The summed E-state index contributed by atoms with van der Waals surface area (Å²) in [5, 5.41) is 25.8. The summed E-state index contributed by atoms with van der Waals surface area (Å²) in [6.07, 6.45) is 7.09. The van der Waals surface area contributed by atoms with Crippen LogP contribution in [0.25, 0.3) is 0 Å². The fourth-order valence-corrected chi connectivity index (χ4v) is 6.90. The maximum Gasteiger partial charge on any atom is 0.303 e. The Morgan fingerprint density at radius 1 is 1.22 bits per heavy atom. The van der Waals surface area contributed by atoms with Crippen molar-refractivity contribution in [2.75, 3.05) is 0 Å². The first kappa shape index (κ1) is 26.4. The lowest BCUT2D eigenvalue weighted by Gasteiger charge is -2.52. The summed E-state index contributed by atoms with van der Waals surface area (Å²) in [4.78, 5) is 26.5. The molecule has 3 unspecified atom stereocenters. The Hall–Kier alpha value is -2.70. The van der Waals surface area contributed by atoms with E-state index >= 15 is 0 Å². The van der Waals surface area contributed by atoms with E-state index in [0.717, 1.165) is 5.56 Å². The van der Waals surface area contributed by atoms with Crippen molar-refractivity contribution in [3.8, 4) is 0 Å². The van der Waals surface area contributed by atoms with Gasteiger partial charge in [0.1, 0.15) is 11.5 Å². The number of carbonyl (C=O) groups is 2. The van der Waals surface area contributed by atoms with Crippen LogP contribution in [-0.2, 0) is 20.7 Å². The summed E-state index contributed by atoms with van der Waals surface area (Å²) >= 11 is 0. The molecule has 6 nitrogen and oxygen atoms in total. The number of carbonyl (C=O) groups excluding carboxylic acids is 2. The fraction of sp³-hybridized carbons (Fsp3) is 0.533. The maximum atomic E-state index is 14.2. The molecule has 3 aliphatic rings. The van der Waals surface area contributed by atoms with E-state index < -0.39 is 35.1 Å². The van der Waals surface area contributed by atoms with Crippen LogP contribution in [0.1, 0.15) is 46.1 Å². The molecule has 1 aromatic carbocycles. The number of esters is 1. The predicted molar refractivity (Wildman–Crippen MR) is 139 cm³/mol. The molecule has 0 bridgehead atoms. The van der Waals surface area contributed by atoms with Crippen LogP contribution < -0.4 is 5.32 Å². The minimum absolute atomic E-state index is 0.170. The number of amides is 1. The lowest BCUT2D eigenvalue weighted by Crippen LogP contribution is -2.60. The van der Waals surface area contributed by atoms with E-state index in [1.807, 2.05) is 49.4 Å². The number of rotatable bonds is 3. The van der Waals surface area contributed by atoms with E-state index in [1.165, 1.54) is 6.92 Å². The summed E-state index contributed by atoms with van der Waals surface area (Å²) in [7, 11) is 0. The summed E-state index contributed by atoms with van der Waals surface area (Å²) in [6.45, 7) is 11.3. The third-order valence-corrected chi connectivity index (χ3v) is 8.43. The van der Waals surface area contributed by atoms with Crippen LogP contribution in [0, 0.1) is 29.1 Å². The van der Waals surface area contributed by atoms with Crippen molar-refractivity contribution >= 4 is 11.9 Å². The average molecular weight is 494 g/mol. The van der Waals surface area contributed by atoms with Crippen molar-refractivity contribution in [2.45, 2.75) is 70.8 Å². The van der Waals surface area contributed by atoms with Gasteiger partial charge in [0.05, 0.1) is 11.7 Å². The van der Waals surface area contributed by atoms with Gasteiger partial charge in [-0.2, -0.15) is 0 Å². The molecule has 1 saturated carbocycles. The van der Waals surface area contributed by atoms with Crippen molar-refractivity contribution < 1.29 is 24.5 Å². The van der Waals surface area contributed by atoms with Gasteiger partial charge < -0.3 is 20.3 Å². The van der Waals surface area contributed by atoms with Crippen LogP contribution in [0.5, 0.6) is 0 Å². The largest absolute Gasteiger partial charge is 0.457 e. The van der Waals surface area contributed by atoms with Gasteiger partial charge in [0, 0.05) is 24.8 Å². The van der Waals surface area contributed by atoms with E-state index in [-0.39, 0.29) is 29.7 Å². The van der Waals surface area contributed by atoms with Crippen molar-refractivity contribution in [2.24, 2.45) is 29.1 Å². The van der Waals surface area contributed by atoms with Crippen LogP contribution >= 0.6 is 0 Å². The zero-order valence-electron chi connectivity index (χ0n) is 21.7. The first-order chi connectivity index (χ1) is 17.0. The van der Waals surface area contributed by atoms with Crippen LogP contribution in [0.2, 0.25) is 0 Å². The summed E-state index contributed by atoms with van der Waals surface area (Å²) in [5.41, 5.74) is -0.635. The monoisotopic (exact) mass is 493 g/mol. The Balaban J connectivity index is 1.92. The highest BCUT2D eigenvalue weighted by molar-refractivity contribution is 5.89. The molecular weight excluding hydrogens is 454 g/mol. The van der Waals surface area contributed by atoms with Crippen molar-refractivity contribution in [1.82, 2.24) is 5.32 Å². The highest BCUT2D eigenvalue weighted by Crippen LogP contribution is 2.58. The van der Waals surface area contributed by atoms with E-state index in [4.69, 9.17) is 4.74 Å². The zero-order chi connectivity index (χ0) is 26.3. The molecule has 1 aromatic rings. The number of aliphatic hydroxyl groups excluding tert-OH is 1. The second-order valence-corrected chi connectivity index (χ2v) is 11.3. The van der Waals surface area contributed by atoms with Gasteiger partial charge in [0.2, 0.25) is 5.91 Å². The molecule has 1 aliphatic heterocycles. The van der Waals surface area contributed by atoms with Crippen molar-refractivity contribution in [3.63, 3.8) is 0 Å². The predicted octanol–water partition coefficient (Wildman–Crippen LogP) is 3.74. The Morgan fingerprint density at radius 2 is 1.92 bits per heavy atom. The fourth-order valence-electron chi connectivity index (χ4n) is 6.90. The van der Waals surface area contributed by atoms with E-state index in [1.54, 1.807) is 19.1 Å². The topological polar surface area (TPSA) is 95.9 Å². The molecule has 1 spiro atoms. The number of ether oxygens (including phenoxy) is 1. The van der Waals surface area contributed by atoms with Gasteiger partial charge in [-0.3, -0.25) is 9.59 Å². The third-order valence-electron chi connectivity index (χ3n) is 8.43. The minimum atomic E-state index is -1.26. The highest BCUT2D eigenvalue weighted by atomic mass is 16.5. The second kappa shape index (κ2) is 9.98. The van der Waals surface area contributed by atoms with Gasteiger partial charge >= 0.3 is 5.97 Å². The lowest BCUT2D eigenvalue weighted by atomic mass is 9.51. The molecule has 3 N–H and O–H groups in total. The average Bonchev–Trinajstić information content (AvgIpc) is 3.08. The molecule has 6 heteroatoms. The van der Waals surface area contributed by atoms with Gasteiger partial charge in [0.15, 0.2) is 0 Å². The molecule has 2 fully saturated rings. The van der Waals surface area contributed by atoms with Gasteiger partial charge in [-0.25, -0.2) is 0 Å². The van der Waals surface area contributed by atoms with Crippen LogP contribution in [0.15, 0.2) is 66.8 Å². The van der Waals surface area contributed by atoms with Crippen molar-refractivity contribution in [1.29, 1.82) is 0 Å². The summed E-state index contributed by atoms with van der Waals surface area (Å²) in [6, 6.07) is 9.73. The van der Waals surface area contributed by atoms with E-state index in [9.17, 15) is 19.8 Å². The quantitative estimate of drug-likeness (QED) is 0.440. The Labute approximate surface area is 214 Å². The Morgan fingerprint density at radius 3 is 2.58 bits per heavy atom. The normalized spacial score (nSPS) is 42.3. The third kappa shape index (κ3) is 4.69. The molecule has 36 heavy (non-hydrogen) atoms. The molecule has 2 aliphatic carbocycles. The van der Waals surface area contributed by atoms with Gasteiger partial charge in [-0.1, -0.05) is 69.0 Å². The number of benzene rings is 1. The minimum Gasteiger partial charge on any atom is -0.457 e. The molecular formula is C30H39NO5. The van der Waals surface area contributed by atoms with Crippen LogP contribution in [0.3, 0.4) is 0 Å². The molecule has 1 saturated heterocycles. The molecule has 0 radical (unpaired) electrons. The first-order valence-electron chi connectivity index (χ1n) is 12.9. The smallest absolute Gasteiger partial charge is 0.303 e. The maximum absolute atomic E-state index is 14.2. The number of hydrogen-bond donors (Lipinski definition) is 3.